The molecule has 0 radical (unpaired) electrons. The number of thiazole rings is 1. The van der Waals surface area contributed by atoms with Crippen molar-refractivity contribution in [3.8, 4) is 5.75 Å². The van der Waals surface area contributed by atoms with Crippen LogP contribution in [0, 0.1) is 17.0 Å². The van der Waals surface area contributed by atoms with Gasteiger partial charge in [-0.15, -0.1) is 11.3 Å². The fourth-order valence-electron chi connectivity index (χ4n) is 2.17. The molecule has 28 heavy (non-hydrogen) atoms. The van der Waals surface area contributed by atoms with Crippen molar-refractivity contribution in [2.24, 2.45) is 0 Å². The molecule has 144 valence electrons. The van der Waals surface area contributed by atoms with Crippen LogP contribution in [0.25, 0.3) is 0 Å². The Morgan fingerprint density at radius 1 is 1.21 bits per heavy atom. The van der Waals surface area contributed by atoms with E-state index in [0.717, 1.165) is 10.9 Å². The normalized spacial score (nSPS) is 11.0. The number of nitrogens with zero attached hydrogens (tertiary/aromatic N) is 2. The molecule has 0 atom stereocenters. The molecule has 0 aliphatic carbocycles. The van der Waals surface area contributed by atoms with E-state index in [2.05, 4.69) is 10.3 Å². The van der Waals surface area contributed by atoms with E-state index in [4.69, 9.17) is 4.18 Å². The van der Waals surface area contributed by atoms with Gasteiger partial charge in [0, 0.05) is 28.8 Å². The summed E-state index contributed by atoms with van der Waals surface area (Å²) >= 11 is 1.33. The number of aryl methyl sites for hydroxylation is 1. The van der Waals surface area contributed by atoms with Crippen molar-refractivity contribution in [2.75, 3.05) is 5.32 Å². The van der Waals surface area contributed by atoms with Crippen LogP contribution >= 0.6 is 11.3 Å². The first-order chi connectivity index (χ1) is 13.2. The zero-order chi connectivity index (χ0) is 20.3. The Morgan fingerprint density at radius 2 is 1.93 bits per heavy atom. The summed E-state index contributed by atoms with van der Waals surface area (Å²) in [6.07, 6.45) is 1.63. The molecule has 3 aromatic rings. The highest BCUT2D eigenvalue weighted by Gasteiger charge is 2.20. The predicted octanol–water partition coefficient (Wildman–Crippen LogP) is 3.38. The van der Waals surface area contributed by atoms with Crippen LogP contribution in [0.2, 0.25) is 0 Å². The zero-order valence-electron chi connectivity index (χ0n) is 14.4. The first-order valence-corrected chi connectivity index (χ1v) is 10.00. The Hall–Kier alpha value is -3.31. The van der Waals surface area contributed by atoms with Crippen LogP contribution in [0.4, 0.5) is 10.8 Å². The van der Waals surface area contributed by atoms with Gasteiger partial charge >= 0.3 is 10.1 Å². The summed E-state index contributed by atoms with van der Waals surface area (Å²) in [5, 5.41) is 13.9. The van der Waals surface area contributed by atoms with E-state index in [0.29, 0.717) is 5.13 Å². The number of nitrogens with one attached hydrogen (secondary N) is 1. The molecule has 9 nitrogen and oxygen atoms in total. The van der Waals surface area contributed by atoms with Crippen molar-refractivity contribution in [1.29, 1.82) is 0 Å². The highest BCUT2D eigenvalue weighted by atomic mass is 32.2. The molecule has 1 aromatic heterocycles. The van der Waals surface area contributed by atoms with Crippen LogP contribution in [-0.4, -0.2) is 24.2 Å². The molecular weight excluding hydrogens is 406 g/mol. The van der Waals surface area contributed by atoms with Gasteiger partial charge in [0.1, 0.15) is 10.6 Å². The number of benzene rings is 2. The van der Waals surface area contributed by atoms with E-state index in [1.807, 2.05) is 6.92 Å². The van der Waals surface area contributed by atoms with Gasteiger partial charge in [0.15, 0.2) is 5.13 Å². The first kappa shape index (κ1) is 19.5. The Balaban J connectivity index is 1.73. The molecule has 0 bridgehead atoms. The minimum absolute atomic E-state index is 0.0341. The molecule has 1 heterocycles. The maximum absolute atomic E-state index is 12.3. The van der Waals surface area contributed by atoms with E-state index < -0.39 is 20.9 Å². The van der Waals surface area contributed by atoms with Crippen molar-refractivity contribution >= 4 is 38.2 Å². The lowest BCUT2D eigenvalue weighted by Gasteiger charge is -2.08. The van der Waals surface area contributed by atoms with Gasteiger partial charge in [-0.3, -0.25) is 20.2 Å². The van der Waals surface area contributed by atoms with Crippen molar-refractivity contribution < 1.29 is 22.3 Å². The molecule has 0 aliphatic rings. The number of anilines is 1. The van der Waals surface area contributed by atoms with E-state index >= 15 is 0 Å². The minimum atomic E-state index is -4.26. The molecule has 0 aliphatic heterocycles. The van der Waals surface area contributed by atoms with Gasteiger partial charge in [0.25, 0.3) is 11.6 Å². The standard InChI is InChI=1S/C17H13N3O6S2/c1-11-10-18-17(27-11)19-16(21)12-5-7-14(8-6-12)26-28(24,25)15-4-2-3-13(9-15)20(22)23/h2-10H,1H3,(H,18,19,21). The average molecular weight is 419 g/mol. The quantitative estimate of drug-likeness (QED) is 0.368. The lowest BCUT2D eigenvalue weighted by atomic mass is 10.2. The molecule has 11 heteroatoms. The molecule has 1 N–H and O–H groups in total. The Kier molecular flexibility index (Phi) is 5.38. The number of carbonyl (C=O) groups excluding carboxylic acids is 1. The van der Waals surface area contributed by atoms with Crippen LogP contribution in [0.1, 0.15) is 15.2 Å². The van der Waals surface area contributed by atoms with Gasteiger partial charge in [-0.05, 0) is 37.3 Å². The summed E-state index contributed by atoms with van der Waals surface area (Å²) in [6, 6.07) is 9.96. The highest BCUT2D eigenvalue weighted by molar-refractivity contribution is 7.87. The number of amides is 1. The number of hydrogen-bond donors (Lipinski definition) is 1. The minimum Gasteiger partial charge on any atom is -0.379 e. The van der Waals surface area contributed by atoms with Crippen LogP contribution in [0.15, 0.2) is 59.6 Å². The van der Waals surface area contributed by atoms with Gasteiger partial charge in [0.2, 0.25) is 0 Å². The molecule has 0 spiro atoms. The average Bonchev–Trinajstić information content (AvgIpc) is 3.06. The molecular formula is C17H13N3O6S2. The maximum Gasteiger partial charge on any atom is 0.339 e. The predicted molar refractivity (Wildman–Crippen MR) is 102 cm³/mol. The van der Waals surface area contributed by atoms with Crippen LogP contribution in [-0.2, 0) is 10.1 Å². The first-order valence-electron chi connectivity index (χ1n) is 7.77. The van der Waals surface area contributed by atoms with Crippen LogP contribution in [0.3, 0.4) is 0 Å². The number of nitro benzene ring substituents is 1. The fourth-order valence-corrected chi connectivity index (χ4v) is 3.80. The lowest BCUT2D eigenvalue weighted by Crippen LogP contribution is -2.12. The lowest BCUT2D eigenvalue weighted by molar-refractivity contribution is -0.385. The number of rotatable bonds is 6. The van der Waals surface area contributed by atoms with Crippen molar-refractivity contribution in [3.63, 3.8) is 0 Å². The summed E-state index contributed by atoms with van der Waals surface area (Å²) in [4.78, 5) is 26.9. The van der Waals surface area contributed by atoms with Crippen molar-refractivity contribution in [3.05, 3.63) is 75.3 Å². The SMILES string of the molecule is Cc1cnc(NC(=O)c2ccc(OS(=O)(=O)c3cccc([N+](=O)[O-])c3)cc2)s1. The summed E-state index contributed by atoms with van der Waals surface area (Å²) in [6.45, 7) is 1.86. The molecule has 0 saturated heterocycles. The second kappa shape index (κ2) is 7.74. The Labute approximate surface area is 163 Å². The van der Waals surface area contributed by atoms with Crippen molar-refractivity contribution in [2.45, 2.75) is 11.8 Å². The Bertz CT molecular complexity index is 1140. The molecule has 1 amide bonds. The zero-order valence-corrected chi connectivity index (χ0v) is 16.0. The van der Waals surface area contributed by atoms with E-state index in [1.54, 1.807) is 6.20 Å². The van der Waals surface area contributed by atoms with Gasteiger partial charge in [-0.25, -0.2) is 4.98 Å². The summed E-state index contributed by atoms with van der Waals surface area (Å²) in [7, 11) is -4.26. The summed E-state index contributed by atoms with van der Waals surface area (Å²) in [5.41, 5.74) is -0.0814. The van der Waals surface area contributed by atoms with Crippen LogP contribution < -0.4 is 9.50 Å². The second-order valence-electron chi connectivity index (χ2n) is 5.55. The second-order valence-corrected chi connectivity index (χ2v) is 8.33. The van der Waals surface area contributed by atoms with Crippen molar-refractivity contribution in [1.82, 2.24) is 4.98 Å². The number of nitro groups is 1. The van der Waals surface area contributed by atoms with Crippen LogP contribution in [0.5, 0.6) is 5.75 Å². The number of aromatic nitrogens is 1. The highest BCUT2D eigenvalue weighted by Crippen LogP contribution is 2.23. The third-order valence-corrected chi connectivity index (χ3v) is 5.55. The van der Waals surface area contributed by atoms with Gasteiger partial charge in [0.05, 0.1) is 4.92 Å². The van der Waals surface area contributed by atoms with Gasteiger partial charge in [-0.1, -0.05) is 6.07 Å². The Morgan fingerprint density at radius 3 is 2.54 bits per heavy atom. The summed E-state index contributed by atoms with van der Waals surface area (Å²) < 4.78 is 29.6. The number of hydrogen-bond acceptors (Lipinski definition) is 8. The molecule has 0 fully saturated rings. The van der Waals surface area contributed by atoms with Gasteiger partial charge in [-0.2, -0.15) is 8.42 Å². The number of non-ortho nitro benzene ring substituents is 1. The summed E-state index contributed by atoms with van der Waals surface area (Å²) in [5.74, 6) is -0.435. The van der Waals surface area contributed by atoms with E-state index in [9.17, 15) is 23.3 Å². The van der Waals surface area contributed by atoms with E-state index in [1.165, 1.54) is 53.8 Å². The fraction of sp³-hybridized carbons (Fsp3) is 0.0588. The topological polar surface area (TPSA) is 128 Å². The largest absolute Gasteiger partial charge is 0.379 e. The van der Waals surface area contributed by atoms with E-state index in [-0.39, 0.29) is 21.9 Å². The molecule has 0 unspecified atom stereocenters. The molecule has 0 saturated carbocycles. The number of carbonyl (C=O) groups is 1. The monoisotopic (exact) mass is 419 g/mol. The van der Waals surface area contributed by atoms with Gasteiger partial charge < -0.3 is 4.18 Å². The third kappa shape index (κ3) is 4.50. The smallest absolute Gasteiger partial charge is 0.339 e. The molecule has 3 rings (SSSR count). The third-order valence-electron chi connectivity index (χ3n) is 3.48. The maximum atomic E-state index is 12.3. The molecule has 2 aromatic carbocycles.